The van der Waals surface area contributed by atoms with Gasteiger partial charge in [0, 0.05) is 19.6 Å². The maximum Gasteiger partial charge on any atom is 0.303 e. The largest absolute Gasteiger partial charge is 0.481 e. The fourth-order valence-electron chi connectivity index (χ4n) is 4.10. The Morgan fingerprint density at radius 1 is 1.00 bits per heavy atom. The third kappa shape index (κ3) is 3.89. The monoisotopic (exact) mass is 302 g/mol. The van der Waals surface area contributed by atoms with Crippen molar-refractivity contribution < 1.29 is 14.6 Å². The van der Waals surface area contributed by atoms with Gasteiger partial charge in [0.25, 0.3) is 0 Å². The van der Waals surface area contributed by atoms with Crippen LogP contribution in [0.25, 0.3) is 0 Å². The predicted molar refractivity (Wildman–Crippen MR) is 86.2 cm³/mol. The zero-order valence-electron chi connectivity index (χ0n) is 13.2. The molecule has 1 saturated heterocycles. The van der Waals surface area contributed by atoms with E-state index in [1.165, 1.54) is 17.5 Å². The minimum absolute atomic E-state index is 0.330. The summed E-state index contributed by atoms with van der Waals surface area (Å²) in [7, 11) is 0. The molecule has 1 aromatic rings. The first kappa shape index (κ1) is 15.5. The summed E-state index contributed by atoms with van der Waals surface area (Å²) in [6, 6.07) is 9.12. The third-order valence-electron chi connectivity index (χ3n) is 5.35. The Morgan fingerprint density at radius 2 is 1.64 bits per heavy atom. The highest BCUT2D eigenvalue weighted by molar-refractivity contribution is 5.67. The van der Waals surface area contributed by atoms with Crippen molar-refractivity contribution in [2.24, 2.45) is 5.92 Å². The summed E-state index contributed by atoms with van der Waals surface area (Å²) < 4.78 is 5.44. The van der Waals surface area contributed by atoms with Gasteiger partial charge in [-0.1, -0.05) is 30.7 Å². The van der Waals surface area contributed by atoms with Gasteiger partial charge in [-0.2, -0.15) is 0 Å². The first-order valence-corrected chi connectivity index (χ1v) is 8.62. The molecule has 0 aromatic heterocycles. The zero-order chi connectivity index (χ0) is 15.4. The summed E-state index contributed by atoms with van der Waals surface area (Å²) in [4.78, 5) is 10.9. The van der Waals surface area contributed by atoms with Crippen LogP contribution in [0.4, 0.5) is 0 Å². The molecule has 1 aliphatic carbocycles. The van der Waals surface area contributed by atoms with Gasteiger partial charge in [-0.25, -0.2) is 0 Å². The van der Waals surface area contributed by atoms with Crippen LogP contribution in [-0.2, 0) is 9.53 Å². The van der Waals surface area contributed by atoms with Gasteiger partial charge >= 0.3 is 5.97 Å². The Labute approximate surface area is 132 Å². The quantitative estimate of drug-likeness (QED) is 0.900. The fraction of sp³-hybridized carbons (Fsp3) is 0.632. The van der Waals surface area contributed by atoms with Crippen LogP contribution in [0, 0.1) is 5.92 Å². The van der Waals surface area contributed by atoms with E-state index in [2.05, 4.69) is 24.3 Å². The molecule has 1 heterocycles. The Balaban J connectivity index is 1.63. The first-order valence-electron chi connectivity index (χ1n) is 8.62. The number of carbonyl (C=O) groups is 1. The fourth-order valence-corrected chi connectivity index (χ4v) is 4.10. The van der Waals surface area contributed by atoms with Crippen molar-refractivity contribution in [3.63, 3.8) is 0 Å². The minimum Gasteiger partial charge on any atom is -0.481 e. The lowest BCUT2D eigenvalue weighted by molar-refractivity contribution is -0.138. The molecule has 0 spiro atoms. The van der Waals surface area contributed by atoms with Crippen LogP contribution in [0.15, 0.2) is 24.3 Å². The molecule has 2 atom stereocenters. The maximum atomic E-state index is 10.9. The predicted octanol–water partition coefficient (Wildman–Crippen LogP) is 4.33. The van der Waals surface area contributed by atoms with Crippen LogP contribution < -0.4 is 0 Å². The van der Waals surface area contributed by atoms with Gasteiger partial charge in [0.15, 0.2) is 0 Å². The number of hydrogen-bond donors (Lipinski definition) is 1. The number of carboxylic acid groups (broad SMARTS) is 1. The van der Waals surface area contributed by atoms with Crippen molar-refractivity contribution >= 4 is 5.97 Å². The lowest BCUT2D eigenvalue weighted by Crippen LogP contribution is -2.17. The molecule has 3 rings (SSSR count). The number of rotatable bonds is 4. The van der Waals surface area contributed by atoms with Crippen molar-refractivity contribution in [1.82, 2.24) is 0 Å². The molecular formula is C19H26O3. The Bertz CT molecular complexity index is 488. The van der Waals surface area contributed by atoms with Crippen LogP contribution in [-0.4, -0.2) is 24.3 Å². The number of hydrogen-bond acceptors (Lipinski definition) is 2. The zero-order valence-corrected chi connectivity index (χ0v) is 13.2. The van der Waals surface area contributed by atoms with Crippen molar-refractivity contribution in [2.75, 3.05) is 13.2 Å². The molecule has 2 aliphatic rings. The number of benzene rings is 1. The second-order valence-electron chi connectivity index (χ2n) is 6.88. The summed E-state index contributed by atoms with van der Waals surface area (Å²) in [6.45, 7) is 1.76. The van der Waals surface area contributed by atoms with E-state index >= 15 is 0 Å². The number of ether oxygens (including phenoxy) is 1. The summed E-state index contributed by atoms with van der Waals surface area (Å²) >= 11 is 0. The summed E-state index contributed by atoms with van der Waals surface area (Å²) in [5.74, 6) is 0.891. The normalized spacial score (nSPS) is 26.7. The molecule has 0 amide bonds. The average Bonchev–Trinajstić information content (AvgIpc) is 2.55. The molecule has 1 aromatic carbocycles. The van der Waals surface area contributed by atoms with Gasteiger partial charge in [0.05, 0.1) is 0 Å². The summed E-state index contributed by atoms with van der Waals surface area (Å²) in [6.07, 6.45) is 7.05. The van der Waals surface area contributed by atoms with Crippen LogP contribution >= 0.6 is 0 Å². The highest BCUT2D eigenvalue weighted by atomic mass is 16.5. The molecule has 3 nitrogen and oxygen atoms in total. The molecule has 0 bridgehead atoms. The van der Waals surface area contributed by atoms with Gasteiger partial charge in [-0.3, -0.25) is 4.79 Å². The summed E-state index contributed by atoms with van der Waals surface area (Å²) in [5, 5.41) is 8.99. The topological polar surface area (TPSA) is 46.5 Å². The molecule has 0 radical (unpaired) electrons. The molecule has 1 saturated carbocycles. The molecular weight excluding hydrogens is 276 g/mol. The molecule has 120 valence electrons. The SMILES string of the molecule is O=C(O)CC1CCCC(c2ccc(C3CCOCC3)cc2)C1. The number of carboxylic acids is 1. The Kier molecular flexibility index (Phi) is 5.14. The maximum absolute atomic E-state index is 10.9. The van der Waals surface area contributed by atoms with E-state index in [0.717, 1.165) is 45.3 Å². The van der Waals surface area contributed by atoms with E-state index in [-0.39, 0.29) is 0 Å². The van der Waals surface area contributed by atoms with Gasteiger partial charge in [0.1, 0.15) is 0 Å². The molecule has 2 unspecified atom stereocenters. The summed E-state index contributed by atoms with van der Waals surface area (Å²) in [5.41, 5.74) is 2.83. The lowest BCUT2D eigenvalue weighted by atomic mass is 9.76. The average molecular weight is 302 g/mol. The molecule has 22 heavy (non-hydrogen) atoms. The van der Waals surface area contributed by atoms with Crippen molar-refractivity contribution in [3.05, 3.63) is 35.4 Å². The van der Waals surface area contributed by atoms with E-state index < -0.39 is 5.97 Å². The van der Waals surface area contributed by atoms with Gasteiger partial charge in [-0.15, -0.1) is 0 Å². The van der Waals surface area contributed by atoms with Crippen LogP contribution in [0.3, 0.4) is 0 Å². The highest BCUT2D eigenvalue weighted by Gasteiger charge is 2.25. The van der Waals surface area contributed by atoms with Crippen LogP contribution in [0.5, 0.6) is 0 Å². The number of aliphatic carboxylic acids is 1. The molecule has 3 heteroatoms. The van der Waals surface area contributed by atoms with Crippen molar-refractivity contribution in [2.45, 2.75) is 56.8 Å². The molecule has 1 N–H and O–H groups in total. The minimum atomic E-state index is -0.652. The van der Waals surface area contributed by atoms with E-state index in [1.54, 1.807) is 0 Å². The Hall–Kier alpha value is -1.35. The van der Waals surface area contributed by atoms with Gasteiger partial charge < -0.3 is 9.84 Å². The van der Waals surface area contributed by atoms with Crippen LogP contribution in [0.1, 0.15) is 67.9 Å². The standard InChI is InChI=1S/C19H26O3/c20-19(21)13-14-2-1-3-18(12-14)16-6-4-15(5-7-16)17-8-10-22-11-9-17/h4-7,14,17-18H,1-3,8-13H2,(H,20,21). The third-order valence-corrected chi connectivity index (χ3v) is 5.35. The second-order valence-corrected chi connectivity index (χ2v) is 6.88. The van der Waals surface area contributed by atoms with E-state index in [0.29, 0.717) is 24.2 Å². The Morgan fingerprint density at radius 3 is 2.27 bits per heavy atom. The van der Waals surface area contributed by atoms with E-state index in [1.807, 2.05) is 0 Å². The van der Waals surface area contributed by atoms with Gasteiger partial charge in [-0.05, 0) is 61.0 Å². The lowest BCUT2D eigenvalue weighted by Gasteiger charge is -2.29. The van der Waals surface area contributed by atoms with Gasteiger partial charge in [0.2, 0.25) is 0 Å². The van der Waals surface area contributed by atoms with Crippen LogP contribution in [0.2, 0.25) is 0 Å². The van der Waals surface area contributed by atoms with E-state index in [9.17, 15) is 4.79 Å². The molecule has 1 aliphatic heterocycles. The van der Waals surface area contributed by atoms with Crippen molar-refractivity contribution in [3.8, 4) is 0 Å². The first-order chi connectivity index (χ1) is 10.7. The molecule has 2 fully saturated rings. The van der Waals surface area contributed by atoms with Crippen molar-refractivity contribution in [1.29, 1.82) is 0 Å². The van der Waals surface area contributed by atoms with E-state index in [4.69, 9.17) is 9.84 Å². The second kappa shape index (κ2) is 7.28. The highest BCUT2D eigenvalue weighted by Crippen LogP contribution is 2.38. The smallest absolute Gasteiger partial charge is 0.303 e.